The van der Waals surface area contributed by atoms with Gasteiger partial charge in [0.05, 0.1) is 0 Å². The number of hydrogen-bond donors (Lipinski definition) is 6. The zero-order valence-electron chi connectivity index (χ0n) is 13.2. The molecule has 8 nitrogen and oxygen atoms in total. The summed E-state index contributed by atoms with van der Waals surface area (Å²) in [5, 5.41) is 6.68. The maximum Gasteiger partial charge on any atom is 0.170 e. The van der Waals surface area contributed by atoms with Crippen LogP contribution in [-0.4, -0.2) is 43.2 Å². The summed E-state index contributed by atoms with van der Waals surface area (Å²) in [5.74, 6) is 10.4. The van der Waals surface area contributed by atoms with E-state index in [0.717, 1.165) is 0 Å². The molecule has 23 heavy (non-hydrogen) atoms. The SMILES string of the molecule is CSC1(Cl)CC(NN)(NN)NC(SC)(SC)N1.c1cncnc1. The normalized spacial score (nSPS) is 25.3. The van der Waals surface area contributed by atoms with Crippen molar-refractivity contribution in [2.24, 2.45) is 11.7 Å². The molecule has 1 atom stereocenters. The summed E-state index contributed by atoms with van der Waals surface area (Å²) < 4.78 is -1.13. The number of rotatable bonds is 5. The van der Waals surface area contributed by atoms with E-state index in [1.807, 2.05) is 18.8 Å². The van der Waals surface area contributed by atoms with E-state index in [2.05, 4.69) is 31.5 Å². The first kappa shape index (κ1) is 21.2. The van der Waals surface area contributed by atoms with E-state index < -0.39 is 14.4 Å². The Morgan fingerprint density at radius 1 is 1.04 bits per heavy atom. The molecule has 1 saturated heterocycles. The third kappa shape index (κ3) is 5.88. The third-order valence-electron chi connectivity index (χ3n) is 3.09. The van der Waals surface area contributed by atoms with Crippen LogP contribution in [0, 0.1) is 0 Å². The fraction of sp³-hybridized carbons (Fsp3) is 0.636. The summed E-state index contributed by atoms with van der Waals surface area (Å²) >= 11 is 11.2. The Balaban J connectivity index is 0.000000366. The van der Waals surface area contributed by atoms with Crippen molar-refractivity contribution in [2.45, 2.75) is 20.9 Å². The van der Waals surface area contributed by atoms with Gasteiger partial charge in [-0.2, -0.15) is 0 Å². The van der Waals surface area contributed by atoms with Crippen molar-refractivity contribution in [3.63, 3.8) is 0 Å². The summed E-state index contributed by atoms with van der Waals surface area (Å²) in [6.45, 7) is 0. The van der Waals surface area contributed by atoms with Gasteiger partial charge in [0, 0.05) is 18.8 Å². The molecule has 0 radical (unpaired) electrons. The molecule has 1 fully saturated rings. The summed E-state index contributed by atoms with van der Waals surface area (Å²) in [6, 6.07) is 1.78. The number of alkyl halides is 1. The Morgan fingerprint density at radius 3 is 1.91 bits per heavy atom. The van der Waals surface area contributed by atoms with Gasteiger partial charge in [-0.05, 0) is 24.8 Å². The van der Waals surface area contributed by atoms with Crippen LogP contribution < -0.4 is 33.2 Å². The maximum absolute atomic E-state index is 6.54. The van der Waals surface area contributed by atoms with Crippen molar-refractivity contribution in [3.05, 3.63) is 24.8 Å². The first-order valence-corrected chi connectivity index (χ1v) is 10.6. The van der Waals surface area contributed by atoms with Crippen LogP contribution in [-0.2, 0) is 0 Å². The van der Waals surface area contributed by atoms with E-state index in [9.17, 15) is 0 Å². The highest BCUT2D eigenvalue weighted by Crippen LogP contribution is 2.43. The van der Waals surface area contributed by atoms with Gasteiger partial charge >= 0.3 is 0 Å². The van der Waals surface area contributed by atoms with E-state index in [0.29, 0.717) is 6.42 Å². The fourth-order valence-electron chi connectivity index (χ4n) is 1.87. The van der Waals surface area contributed by atoms with E-state index in [-0.39, 0.29) is 0 Å². The van der Waals surface area contributed by atoms with Gasteiger partial charge in [0.1, 0.15) is 10.7 Å². The average Bonchev–Trinajstić information content (AvgIpc) is 2.63. The zero-order chi connectivity index (χ0) is 17.4. The van der Waals surface area contributed by atoms with Crippen LogP contribution in [0.4, 0.5) is 0 Å². The van der Waals surface area contributed by atoms with Crippen molar-refractivity contribution in [1.82, 2.24) is 31.5 Å². The highest BCUT2D eigenvalue weighted by atomic mass is 35.5. The maximum atomic E-state index is 6.54. The van der Waals surface area contributed by atoms with Gasteiger partial charge in [-0.25, -0.2) is 26.1 Å². The molecule has 2 rings (SSSR count). The minimum Gasteiger partial charge on any atom is -0.269 e. The predicted molar refractivity (Wildman–Crippen MR) is 102 cm³/mol. The molecule has 1 aliphatic rings. The van der Waals surface area contributed by atoms with Gasteiger partial charge in [-0.1, -0.05) is 11.6 Å². The minimum atomic E-state index is -0.817. The number of hydrogen-bond acceptors (Lipinski definition) is 11. The molecule has 2 heterocycles. The molecule has 0 saturated carbocycles. The van der Waals surface area contributed by atoms with E-state index >= 15 is 0 Å². The van der Waals surface area contributed by atoms with Crippen LogP contribution in [0.25, 0.3) is 0 Å². The molecule has 132 valence electrons. The van der Waals surface area contributed by atoms with Crippen molar-refractivity contribution in [3.8, 4) is 0 Å². The molecule has 8 N–H and O–H groups in total. The summed E-state index contributed by atoms with van der Waals surface area (Å²) in [7, 11) is 0. The van der Waals surface area contributed by atoms with E-state index in [1.165, 1.54) is 18.1 Å². The van der Waals surface area contributed by atoms with Crippen molar-refractivity contribution < 1.29 is 0 Å². The highest BCUT2D eigenvalue weighted by Gasteiger charge is 2.52. The molecular formula is C11H23ClN8S3. The molecule has 12 heteroatoms. The van der Waals surface area contributed by atoms with Gasteiger partial charge in [0.25, 0.3) is 0 Å². The molecule has 1 aromatic rings. The first-order valence-electron chi connectivity index (χ1n) is 6.51. The molecule has 0 spiro atoms. The van der Waals surface area contributed by atoms with E-state index in [1.54, 1.807) is 42.0 Å². The number of hydrazine groups is 2. The Kier molecular flexibility index (Phi) is 8.87. The van der Waals surface area contributed by atoms with Crippen LogP contribution in [0.15, 0.2) is 24.8 Å². The quantitative estimate of drug-likeness (QED) is 0.134. The van der Waals surface area contributed by atoms with Crippen LogP contribution in [0.2, 0.25) is 0 Å². The molecule has 0 aliphatic carbocycles. The van der Waals surface area contributed by atoms with Crippen LogP contribution in [0.5, 0.6) is 0 Å². The van der Waals surface area contributed by atoms with Gasteiger partial charge in [-0.15, -0.1) is 35.3 Å². The lowest BCUT2D eigenvalue weighted by Gasteiger charge is -2.53. The largest absolute Gasteiger partial charge is 0.269 e. The number of nitrogens with zero attached hydrogens (tertiary/aromatic N) is 2. The van der Waals surface area contributed by atoms with Crippen molar-refractivity contribution in [1.29, 1.82) is 0 Å². The summed E-state index contributed by atoms with van der Waals surface area (Å²) in [5.41, 5.74) is 5.34. The number of aromatic nitrogens is 2. The van der Waals surface area contributed by atoms with Gasteiger partial charge < -0.3 is 0 Å². The standard InChI is InChI=1S/C7H19ClN6S3.C4H4N2/c1-15-5(8)4-6(13-9,14-10)12-7(11-5,16-2)17-3;1-2-5-4-6-3-1/h11-14H,4,9-10H2,1-3H3;1-4H. The molecule has 0 aromatic carbocycles. The predicted octanol–water partition coefficient (Wildman–Crippen LogP) is 0.219. The second-order valence-electron chi connectivity index (χ2n) is 4.48. The lowest BCUT2D eigenvalue weighted by molar-refractivity contribution is 0.115. The van der Waals surface area contributed by atoms with Crippen LogP contribution >= 0.6 is 46.9 Å². The second-order valence-corrected chi connectivity index (χ2v) is 8.76. The summed E-state index contributed by atoms with van der Waals surface area (Å²) in [4.78, 5) is 7.35. The number of nitrogens with one attached hydrogen (secondary N) is 4. The molecule has 1 unspecified atom stereocenters. The van der Waals surface area contributed by atoms with Crippen molar-refractivity contribution >= 4 is 46.9 Å². The second kappa shape index (κ2) is 9.61. The van der Waals surface area contributed by atoms with Gasteiger partial charge in [0.2, 0.25) is 0 Å². The molecular weight excluding hydrogens is 376 g/mol. The Bertz CT molecular complexity index is 399. The van der Waals surface area contributed by atoms with Crippen LogP contribution in [0.3, 0.4) is 0 Å². The van der Waals surface area contributed by atoms with Crippen molar-refractivity contribution in [2.75, 3.05) is 18.8 Å². The minimum absolute atomic E-state index is 0.470. The molecule has 1 aromatic heterocycles. The molecule has 0 bridgehead atoms. The number of halogens is 1. The number of nitrogens with two attached hydrogens (primary N) is 2. The van der Waals surface area contributed by atoms with Gasteiger partial charge in [0.15, 0.2) is 10.1 Å². The first-order chi connectivity index (χ1) is 10.9. The summed E-state index contributed by atoms with van der Waals surface area (Å²) in [6.07, 6.45) is 11.3. The van der Waals surface area contributed by atoms with Crippen LogP contribution in [0.1, 0.15) is 6.42 Å². The Morgan fingerprint density at radius 2 is 1.61 bits per heavy atom. The monoisotopic (exact) mass is 398 g/mol. The lowest BCUT2D eigenvalue weighted by atomic mass is 10.2. The highest BCUT2D eigenvalue weighted by molar-refractivity contribution is 8.17. The molecule has 1 aliphatic heterocycles. The average molecular weight is 399 g/mol. The topological polar surface area (TPSA) is 126 Å². The third-order valence-corrected chi connectivity index (χ3v) is 7.23. The zero-order valence-corrected chi connectivity index (χ0v) is 16.4. The fourth-order valence-corrected chi connectivity index (χ4v) is 4.84. The number of thioether (sulfide) groups is 3. The smallest absolute Gasteiger partial charge is 0.170 e. The van der Waals surface area contributed by atoms with E-state index in [4.69, 9.17) is 23.3 Å². The van der Waals surface area contributed by atoms with Gasteiger partial charge in [-0.3, -0.25) is 17.0 Å². The molecule has 0 amide bonds. The Hall–Kier alpha value is 0.180. The lowest BCUT2D eigenvalue weighted by Crippen LogP contribution is -2.82. The Labute approximate surface area is 154 Å².